The van der Waals surface area contributed by atoms with Gasteiger partial charge in [0.15, 0.2) is 0 Å². The van der Waals surface area contributed by atoms with Crippen molar-refractivity contribution in [1.82, 2.24) is 15.1 Å². The van der Waals surface area contributed by atoms with Crippen LogP contribution >= 0.6 is 23.2 Å². The maximum atomic E-state index is 11.8. The van der Waals surface area contributed by atoms with Crippen LogP contribution in [0.1, 0.15) is 23.7 Å². The Kier molecular flexibility index (Phi) is 5.83. The van der Waals surface area contributed by atoms with Gasteiger partial charge in [-0.2, -0.15) is 5.10 Å². The smallest absolute Gasteiger partial charge is 0.220 e. The molecular formula is C15H17Cl2N3O2. The first-order valence-electron chi connectivity index (χ1n) is 6.82. The molecule has 1 aromatic heterocycles. The van der Waals surface area contributed by atoms with Gasteiger partial charge >= 0.3 is 0 Å². The fraction of sp³-hybridized carbons (Fsp3) is 0.333. The molecule has 0 radical (unpaired) electrons. The van der Waals surface area contributed by atoms with Crippen LogP contribution in [0.2, 0.25) is 10.0 Å². The molecule has 7 heteroatoms. The molecule has 118 valence electrons. The molecule has 0 spiro atoms. The van der Waals surface area contributed by atoms with Crippen LogP contribution in [0.4, 0.5) is 0 Å². The molecular weight excluding hydrogens is 325 g/mol. The molecule has 2 rings (SSSR count). The summed E-state index contributed by atoms with van der Waals surface area (Å²) < 4.78 is 1.69. The highest BCUT2D eigenvalue weighted by molar-refractivity contribution is 6.34. The van der Waals surface area contributed by atoms with Gasteiger partial charge in [-0.05, 0) is 35.7 Å². The van der Waals surface area contributed by atoms with E-state index in [9.17, 15) is 9.90 Å². The van der Waals surface area contributed by atoms with E-state index in [0.717, 1.165) is 5.56 Å². The molecule has 0 aliphatic rings. The molecule has 0 aliphatic carbocycles. The van der Waals surface area contributed by atoms with Crippen LogP contribution in [0.25, 0.3) is 0 Å². The number of amides is 1. The highest BCUT2D eigenvalue weighted by atomic mass is 35.5. The minimum Gasteiger partial charge on any atom is -0.387 e. The van der Waals surface area contributed by atoms with Gasteiger partial charge in [0.2, 0.25) is 5.91 Å². The van der Waals surface area contributed by atoms with Crippen molar-refractivity contribution in [1.29, 1.82) is 0 Å². The van der Waals surface area contributed by atoms with Crippen molar-refractivity contribution in [2.75, 3.05) is 6.54 Å². The summed E-state index contributed by atoms with van der Waals surface area (Å²) in [5, 5.41) is 17.7. The van der Waals surface area contributed by atoms with E-state index in [4.69, 9.17) is 23.2 Å². The molecule has 1 unspecified atom stereocenters. The average Bonchev–Trinajstić information content (AvgIpc) is 2.87. The van der Waals surface area contributed by atoms with Gasteiger partial charge in [0.1, 0.15) is 0 Å². The molecule has 2 aromatic rings. The molecule has 0 aliphatic heterocycles. The molecule has 1 atom stereocenters. The summed E-state index contributed by atoms with van der Waals surface area (Å²) in [6.45, 7) is 0.114. The second-order valence-electron chi connectivity index (χ2n) is 5.04. The summed E-state index contributed by atoms with van der Waals surface area (Å²) >= 11 is 11.8. The van der Waals surface area contributed by atoms with Crippen molar-refractivity contribution in [3.63, 3.8) is 0 Å². The fourth-order valence-electron chi connectivity index (χ4n) is 2.04. The number of rotatable bonds is 6. The summed E-state index contributed by atoms with van der Waals surface area (Å²) in [4.78, 5) is 11.8. The molecule has 0 fully saturated rings. The van der Waals surface area contributed by atoms with E-state index in [2.05, 4.69) is 10.4 Å². The normalized spacial score (nSPS) is 12.2. The van der Waals surface area contributed by atoms with Crippen molar-refractivity contribution < 1.29 is 9.90 Å². The Morgan fingerprint density at radius 3 is 2.64 bits per heavy atom. The van der Waals surface area contributed by atoms with E-state index in [0.29, 0.717) is 28.5 Å². The molecule has 22 heavy (non-hydrogen) atoms. The summed E-state index contributed by atoms with van der Waals surface area (Å²) in [7, 11) is 1.83. The molecule has 2 N–H and O–H groups in total. The first kappa shape index (κ1) is 16.8. The number of nitrogens with zero attached hydrogens (tertiary/aromatic N) is 2. The highest BCUT2D eigenvalue weighted by Crippen LogP contribution is 2.23. The predicted octanol–water partition coefficient (Wildman–Crippen LogP) is 2.51. The van der Waals surface area contributed by atoms with E-state index in [1.54, 1.807) is 29.1 Å². The Balaban J connectivity index is 1.80. The van der Waals surface area contributed by atoms with Crippen molar-refractivity contribution in [3.05, 3.63) is 51.8 Å². The lowest BCUT2D eigenvalue weighted by molar-refractivity contribution is -0.121. The van der Waals surface area contributed by atoms with E-state index in [1.165, 1.54) is 0 Å². The zero-order valence-corrected chi connectivity index (χ0v) is 13.6. The summed E-state index contributed by atoms with van der Waals surface area (Å²) in [6, 6.07) is 4.84. The van der Waals surface area contributed by atoms with Gasteiger partial charge in [-0.15, -0.1) is 0 Å². The van der Waals surface area contributed by atoms with Gasteiger partial charge < -0.3 is 10.4 Å². The fourth-order valence-corrected chi connectivity index (χ4v) is 2.59. The molecule has 1 heterocycles. The zero-order valence-electron chi connectivity index (χ0n) is 12.1. The molecule has 0 bridgehead atoms. The van der Waals surface area contributed by atoms with E-state index in [-0.39, 0.29) is 12.5 Å². The Hall–Kier alpha value is -1.56. The quantitative estimate of drug-likeness (QED) is 0.848. The van der Waals surface area contributed by atoms with E-state index < -0.39 is 6.10 Å². The third-order valence-electron chi connectivity index (χ3n) is 3.16. The maximum absolute atomic E-state index is 11.8. The van der Waals surface area contributed by atoms with Crippen LogP contribution in [0.5, 0.6) is 0 Å². The summed E-state index contributed by atoms with van der Waals surface area (Å²) in [5.74, 6) is -0.129. The van der Waals surface area contributed by atoms with Gasteiger partial charge in [0.25, 0.3) is 0 Å². The number of carbonyl (C=O) groups is 1. The number of nitrogens with one attached hydrogen (secondary N) is 1. The average molecular weight is 342 g/mol. The second-order valence-corrected chi connectivity index (χ2v) is 5.92. The molecule has 0 saturated carbocycles. The van der Waals surface area contributed by atoms with Crippen LogP contribution in [0.3, 0.4) is 0 Å². The Labute approximate surface area is 138 Å². The van der Waals surface area contributed by atoms with Gasteiger partial charge in [0, 0.05) is 36.3 Å². The highest BCUT2D eigenvalue weighted by Gasteiger charge is 2.11. The number of hydrogen-bond acceptors (Lipinski definition) is 3. The molecule has 1 aromatic carbocycles. The minimum absolute atomic E-state index is 0.114. The van der Waals surface area contributed by atoms with Crippen LogP contribution in [0.15, 0.2) is 30.6 Å². The second kappa shape index (κ2) is 7.63. The maximum Gasteiger partial charge on any atom is 0.220 e. The van der Waals surface area contributed by atoms with Gasteiger partial charge in [-0.25, -0.2) is 0 Å². The monoisotopic (exact) mass is 341 g/mol. The number of aliphatic hydroxyl groups is 1. The lowest BCUT2D eigenvalue weighted by atomic mass is 10.1. The number of benzene rings is 1. The summed E-state index contributed by atoms with van der Waals surface area (Å²) in [5.41, 5.74) is 1.57. The van der Waals surface area contributed by atoms with Crippen molar-refractivity contribution >= 4 is 29.1 Å². The lowest BCUT2D eigenvalue weighted by Gasteiger charge is -2.13. The zero-order chi connectivity index (χ0) is 16.1. The summed E-state index contributed by atoms with van der Waals surface area (Å²) in [6.07, 6.45) is 3.71. The lowest BCUT2D eigenvalue weighted by Crippen LogP contribution is -2.28. The van der Waals surface area contributed by atoms with Gasteiger partial charge in [-0.1, -0.05) is 23.2 Å². The Bertz CT molecular complexity index is 638. The number of aliphatic hydroxyl groups excluding tert-OH is 1. The van der Waals surface area contributed by atoms with E-state index >= 15 is 0 Å². The number of aryl methyl sites for hydroxylation is 2. The molecule has 5 nitrogen and oxygen atoms in total. The van der Waals surface area contributed by atoms with Gasteiger partial charge in [0.05, 0.1) is 12.3 Å². The topological polar surface area (TPSA) is 67.2 Å². The third-order valence-corrected chi connectivity index (χ3v) is 3.60. The van der Waals surface area contributed by atoms with E-state index in [1.807, 2.05) is 13.2 Å². The van der Waals surface area contributed by atoms with Crippen molar-refractivity contribution in [2.45, 2.75) is 18.9 Å². The van der Waals surface area contributed by atoms with Gasteiger partial charge in [-0.3, -0.25) is 9.48 Å². The minimum atomic E-state index is -0.849. The third kappa shape index (κ3) is 5.02. The van der Waals surface area contributed by atoms with Crippen LogP contribution in [-0.2, 0) is 18.3 Å². The molecule has 1 amide bonds. The van der Waals surface area contributed by atoms with Crippen molar-refractivity contribution in [2.24, 2.45) is 7.05 Å². The largest absolute Gasteiger partial charge is 0.387 e. The number of carbonyl (C=O) groups excluding carboxylic acids is 1. The first-order valence-corrected chi connectivity index (χ1v) is 7.58. The number of hydrogen-bond donors (Lipinski definition) is 2. The van der Waals surface area contributed by atoms with Crippen LogP contribution in [-0.4, -0.2) is 27.3 Å². The predicted molar refractivity (Wildman–Crippen MR) is 86.0 cm³/mol. The van der Waals surface area contributed by atoms with Crippen LogP contribution in [0, 0.1) is 0 Å². The Morgan fingerprint density at radius 1 is 1.36 bits per heavy atom. The first-order chi connectivity index (χ1) is 10.4. The SMILES string of the molecule is Cn1cc(CCC(=O)NCC(O)c2cc(Cl)cc(Cl)c2)cn1. The van der Waals surface area contributed by atoms with Crippen LogP contribution < -0.4 is 5.32 Å². The number of halogens is 2. The Morgan fingerprint density at radius 2 is 2.05 bits per heavy atom. The molecule has 0 saturated heterocycles. The number of aromatic nitrogens is 2. The van der Waals surface area contributed by atoms with Crippen molar-refractivity contribution in [3.8, 4) is 0 Å². The standard InChI is InChI=1S/C15H17Cl2N3O2/c1-20-9-10(7-19-20)2-3-15(22)18-8-14(21)11-4-12(16)6-13(17)5-11/h4-7,9,14,21H,2-3,8H2,1H3,(H,18,22).